The molecular weight excluding hydrogens is 320 g/mol. The van der Waals surface area contributed by atoms with Gasteiger partial charge in [0, 0.05) is 11.6 Å². The third kappa shape index (κ3) is 2.30. The monoisotopic (exact) mass is 331 g/mol. The van der Waals surface area contributed by atoms with Crippen LogP contribution in [0.5, 0.6) is 5.75 Å². The average Bonchev–Trinajstić information content (AvgIpc) is 2.78. The molecule has 24 heavy (non-hydrogen) atoms. The molecule has 5 nitrogen and oxygen atoms in total. The molecule has 1 aliphatic heterocycles. The van der Waals surface area contributed by atoms with E-state index in [1.165, 1.54) is 13.2 Å². The van der Waals surface area contributed by atoms with Crippen LogP contribution in [-0.4, -0.2) is 24.0 Å². The summed E-state index contributed by atoms with van der Waals surface area (Å²) in [5.41, 5.74) is -0.551. The van der Waals surface area contributed by atoms with Crippen molar-refractivity contribution in [3.63, 3.8) is 0 Å². The Morgan fingerprint density at radius 2 is 1.75 bits per heavy atom. The van der Waals surface area contributed by atoms with Gasteiger partial charge in [0.05, 0.1) is 18.4 Å². The number of benzene rings is 2. The van der Waals surface area contributed by atoms with E-state index < -0.39 is 34.9 Å². The van der Waals surface area contributed by atoms with Crippen molar-refractivity contribution >= 4 is 23.1 Å². The zero-order chi connectivity index (χ0) is 17.4. The van der Waals surface area contributed by atoms with Gasteiger partial charge in [-0.3, -0.25) is 9.59 Å². The highest BCUT2D eigenvalue weighted by Crippen LogP contribution is 2.36. The van der Waals surface area contributed by atoms with Crippen molar-refractivity contribution in [2.24, 2.45) is 0 Å². The maximum absolute atomic E-state index is 13.9. The van der Waals surface area contributed by atoms with E-state index in [0.29, 0.717) is 11.0 Å². The second kappa shape index (κ2) is 5.77. The highest BCUT2D eigenvalue weighted by atomic mass is 19.1. The number of anilines is 1. The number of imide groups is 1. The summed E-state index contributed by atoms with van der Waals surface area (Å²) in [7, 11) is 1.37. The van der Waals surface area contributed by atoms with E-state index in [9.17, 15) is 23.5 Å². The zero-order valence-corrected chi connectivity index (χ0v) is 12.4. The number of carbonyl (C=O) groups is 2. The number of hydrogen-bond donors (Lipinski definition) is 1. The van der Waals surface area contributed by atoms with Crippen molar-refractivity contribution in [2.45, 2.75) is 0 Å². The minimum absolute atomic E-state index is 0.195. The van der Waals surface area contributed by atoms with Gasteiger partial charge in [-0.1, -0.05) is 18.2 Å². The van der Waals surface area contributed by atoms with Crippen LogP contribution >= 0.6 is 0 Å². The molecule has 1 aliphatic rings. The lowest BCUT2D eigenvalue weighted by atomic mass is 10.0. The van der Waals surface area contributed by atoms with Gasteiger partial charge in [0.25, 0.3) is 5.91 Å². The van der Waals surface area contributed by atoms with Gasteiger partial charge in [0.1, 0.15) is 17.4 Å². The Morgan fingerprint density at radius 1 is 1.04 bits per heavy atom. The summed E-state index contributed by atoms with van der Waals surface area (Å²) in [4.78, 5) is 25.3. The second-order valence-electron chi connectivity index (χ2n) is 4.97. The maximum Gasteiger partial charge on any atom is 0.301 e. The molecule has 1 heterocycles. The molecule has 0 spiro atoms. The molecule has 0 saturated heterocycles. The van der Waals surface area contributed by atoms with Gasteiger partial charge in [-0.15, -0.1) is 0 Å². The number of aliphatic hydroxyl groups is 1. The summed E-state index contributed by atoms with van der Waals surface area (Å²) in [6.45, 7) is 0. The molecule has 0 atom stereocenters. The van der Waals surface area contributed by atoms with Crippen LogP contribution in [0.4, 0.5) is 14.5 Å². The van der Waals surface area contributed by atoms with Crippen LogP contribution in [0.1, 0.15) is 5.56 Å². The lowest BCUT2D eigenvalue weighted by molar-refractivity contribution is -0.121. The number of rotatable bonds is 3. The zero-order valence-electron chi connectivity index (χ0n) is 12.4. The molecule has 2 aromatic rings. The fourth-order valence-electron chi connectivity index (χ4n) is 2.49. The fraction of sp³-hybridized carbons (Fsp3) is 0.0588. The van der Waals surface area contributed by atoms with Crippen molar-refractivity contribution in [1.82, 2.24) is 0 Å². The number of amides is 2. The van der Waals surface area contributed by atoms with E-state index in [4.69, 9.17) is 4.74 Å². The summed E-state index contributed by atoms with van der Waals surface area (Å²) in [6, 6.07) is 8.70. The number of methoxy groups -OCH3 is 1. The lowest BCUT2D eigenvalue weighted by Gasteiger charge is -2.15. The van der Waals surface area contributed by atoms with Gasteiger partial charge < -0.3 is 9.84 Å². The molecule has 0 aliphatic carbocycles. The smallest absolute Gasteiger partial charge is 0.301 e. The second-order valence-corrected chi connectivity index (χ2v) is 4.97. The summed E-state index contributed by atoms with van der Waals surface area (Å²) in [5, 5.41) is 10.1. The van der Waals surface area contributed by atoms with Crippen LogP contribution in [-0.2, 0) is 9.59 Å². The number of aliphatic hydroxyl groups excluding tert-OH is 1. The Balaban J connectivity index is 2.11. The van der Waals surface area contributed by atoms with Crippen LogP contribution < -0.4 is 9.64 Å². The Labute approximate surface area is 135 Å². The number of halogens is 2. The third-order valence-electron chi connectivity index (χ3n) is 3.59. The first-order valence-electron chi connectivity index (χ1n) is 6.86. The van der Waals surface area contributed by atoms with Crippen LogP contribution in [0.2, 0.25) is 0 Å². The highest BCUT2D eigenvalue weighted by Gasteiger charge is 2.42. The number of ether oxygens (including phenoxy) is 1. The molecule has 0 unspecified atom stereocenters. The van der Waals surface area contributed by atoms with E-state index in [1.807, 2.05) is 0 Å². The molecule has 122 valence electrons. The van der Waals surface area contributed by atoms with Crippen molar-refractivity contribution in [3.05, 3.63) is 65.4 Å². The summed E-state index contributed by atoms with van der Waals surface area (Å²) in [5.74, 6) is -4.52. The normalized spacial score (nSPS) is 14.5. The average molecular weight is 331 g/mol. The van der Waals surface area contributed by atoms with Crippen molar-refractivity contribution in [1.29, 1.82) is 0 Å². The quantitative estimate of drug-likeness (QED) is 0.878. The number of para-hydroxylation sites is 1. The molecule has 3 rings (SSSR count). The van der Waals surface area contributed by atoms with E-state index >= 15 is 0 Å². The van der Waals surface area contributed by atoms with E-state index in [2.05, 4.69) is 0 Å². The molecule has 0 radical (unpaired) electrons. The topological polar surface area (TPSA) is 66.8 Å². The Hall–Kier alpha value is -3.22. The van der Waals surface area contributed by atoms with Crippen molar-refractivity contribution < 1.29 is 28.2 Å². The van der Waals surface area contributed by atoms with Gasteiger partial charge in [0.15, 0.2) is 5.76 Å². The molecule has 0 bridgehead atoms. The van der Waals surface area contributed by atoms with E-state index in [-0.39, 0.29) is 16.9 Å². The SMILES string of the molecule is COc1ccccc1C1=C(O)C(=O)N(c2ccc(F)cc2F)C1=O. The van der Waals surface area contributed by atoms with Crippen molar-refractivity contribution in [2.75, 3.05) is 12.0 Å². The standard InChI is InChI=1S/C17H11F2NO4/c1-24-13-5-3-2-4-10(13)14-15(21)17(23)20(16(14)22)12-7-6-9(18)8-11(12)19/h2-8,21H,1H3. The summed E-state index contributed by atoms with van der Waals surface area (Å²) >= 11 is 0. The first-order valence-corrected chi connectivity index (χ1v) is 6.86. The van der Waals surface area contributed by atoms with Crippen molar-refractivity contribution in [3.8, 4) is 5.75 Å². The Morgan fingerprint density at radius 3 is 2.42 bits per heavy atom. The minimum atomic E-state index is -1.09. The largest absolute Gasteiger partial charge is 0.502 e. The first kappa shape index (κ1) is 15.7. The minimum Gasteiger partial charge on any atom is -0.502 e. The highest BCUT2D eigenvalue weighted by molar-refractivity contribution is 6.45. The van der Waals surface area contributed by atoms with Crippen LogP contribution in [0.15, 0.2) is 48.2 Å². The first-order chi connectivity index (χ1) is 11.5. The fourth-order valence-corrected chi connectivity index (χ4v) is 2.49. The van der Waals surface area contributed by atoms with Gasteiger partial charge in [-0.2, -0.15) is 0 Å². The lowest BCUT2D eigenvalue weighted by Crippen LogP contribution is -2.32. The third-order valence-corrected chi connectivity index (χ3v) is 3.59. The molecule has 0 aromatic heterocycles. The van der Waals surface area contributed by atoms with Gasteiger partial charge in [-0.25, -0.2) is 13.7 Å². The molecular formula is C17H11F2NO4. The maximum atomic E-state index is 13.9. The predicted octanol–water partition coefficient (Wildman–Crippen LogP) is 2.82. The number of nitrogens with zero attached hydrogens (tertiary/aromatic N) is 1. The summed E-state index contributed by atoms with van der Waals surface area (Å²) in [6.07, 6.45) is 0. The molecule has 0 fully saturated rings. The van der Waals surface area contributed by atoms with Crippen LogP contribution in [0.25, 0.3) is 5.57 Å². The van der Waals surface area contributed by atoms with E-state index in [1.54, 1.807) is 18.2 Å². The summed E-state index contributed by atoms with van der Waals surface area (Å²) < 4.78 is 32.1. The van der Waals surface area contributed by atoms with Gasteiger partial charge >= 0.3 is 5.91 Å². The Bertz CT molecular complexity index is 892. The number of hydrogen-bond acceptors (Lipinski definition) is 4. The molecule has 2 aromatic carbocycles. The van der Waals surface area contributed by atoms with Gasteiger partial charge in [-0.05, 0) is 18.2 Å². The Kier molecular flexibility index (Phi) is 3.76. The van der Waals surface area contributed by atoms with E-state index in [0.717, 1.165) is 12.1 Å². The molecule has 2 amide bonds. The molecule has 0 saturated carbocycles. The van der Waals surface area contributed by atoms with Crippen LogP contribution in [0.3, 0.4) is 0 Å². The molecule has 1 N–H and O–H groups in total. The van der Waals surface area contributed by atoms with Crippen LogP contribution in [0, 0.1) is 11.6 Å². The van der Waals surface area contributed by atoms with Gasteiger partial charge in [0.2, 0.25) is 0 Å². The number of carbonyl (C=O) groups excluding carboxylic acids is 2. The predicted molar refractivity (Wildman–Crippen MR) is 81.4 cm³/mol. The molecule has 7 heteroatoms.